The summed E-state index contributed by atoms with van der Waals surface area (Å²) in [6.45, 7) is 8.63. The zero-order valence-corrected chi connectivity index (χ0v) is 13.4. The molecule has 0 radical (unpaired) electrons. The van der Waals surface area contributed by atoms with E-state index in [4.69, 9.17) is 0 Å². The predicted octanol–water partition coefficient (Wildman–Crippen LogP) is 5.01. The molecular formula is C20H23N. The van der Waals surface area contributed by atoms with Crippen LogP contribution in [0.2, 0.25) is 0 Å². The molecule has 0 aromatic heterocycles. The highest BCUT2D eigenvalue weighted by Crippen LogP contribution is 2.30. The molecule has 0 saturated heterocycles. The van der Waals surface area contributed by atoms with Crippen LogP contribution in [0.25, 0.3) is 0 Å². The van der Waals surface area contributed by atoms with E-state index in [2.05, 4.69) is 63.2 Å². The van der Waals surface area contributed by atoms with Gasteiger partial charge in [0.2, 0.25) is 0 Å². The third-order valence-corrected chi connectivity index (χ3v) is 4.04. The smallest absolute Gasteiger partial charge is 0.0834 e. The van der Waals surface area contributed by atoms with Crippen LogP contribution in [0.15, 0.2) is 54.6 Å². The quantitative estimate of drug-likeness (QED) is 0.773. The zero-order valence-electron chi connectivity index (χ0n) is 13.4. The SMILES string of the molecule is CC(C)(C)c1ccc(C(C)(C#N)Cc2ccccc2)cc1. The Hall–Kier alpha value is -2.07. The molecule has 0 N–H and O–H groups in total. The summed E-state index contributed by atoms with van der Waals surface area (Å²) in [6, 6.07) is 21.2. The van der Waals surface area contributed by atoms with Crippen molar-refractivity contribution in [1.82, 2.24) is 0 Å². The molecule has 2 aromatic carbocycles. The van der Waals surface area contributed by atoms with Crippen molar-refractivity contribution in [3.63, 3.8) is 0 Å². The fraction of sp³-hybridized carbons (Fsp3) is 0.350. The van der Waals surface area contributed by atoms with Gasteiger partial charge in [0.15, 0.2) is 0 Å². The van der Waals surface area contributed by atoms with Gasteiger partial charge in [0.25, 0.3) is 0 Å². The van der Waals surface area contributed by atoms with Crippen LogP contribution in [0, 0.1) is 11.3 Å². The van der Waals surface area contributed by atoms with Crippen LogP contribution in [-0.4, -0.2) is 0 Å². The van der Waals surface area contributed by atoms with Gasteiger partial charge in [-0.15, -0.1) is 0 Å². The maximum atomic E-state index is 9.68. The van der Waals surface area contributed by atoms with Crippen molar-refractivity contribution < 1.29 is 0 Å². The average molecular weight is 277 g/mol. The molecule has 1 unspecified atom stereocenters. The Kier molecular flexibility index (Phi) is 4.19. The molecule has 1 heteroatoms. The van der Waals surface area contributed by atoms with Gasteiger partial charge in [-0.25, -0.2) is 0 Å². The lowest BCUT2D eigenvalue weighted by Crippen LogP contribution is -2.23. The normalized spacial score (nSPS) is 14.2. The number of nitrogens with zero attached hydrogens (tertiary/aromatic N) is 1. The van der Waals surface area contributed by atoms with E-state index in [1.807, 2.05) is 25.1 Å². The summed E-state index contributed by atoms with van der Waals surface area (Å²) < 4.78 is 0. The van der Waals surface area contributed by atoms with Gasteiger partial charge in [-0.1, -0.05) is 75.4 Å². The maximum Gasteiger partial charge on any atom is 0.0834 e. The summed E-state index contributed by atoms with van der Waals surface area (Å²) in [7, 11) is 0. The van der Waals surface area contributed by atoms with Crippen LogP contribution < -0.4 is 0 Å². The van der Waals surface area contributed by atoms with Crippen molar-refractivity contribution in [3.05, 3.63) is 71.3 Å². The maximum absolute atomic E-state index is 9.68. The third-order valence-electron chi connectivity index (χ3n) is 4.04. The highest BCUT2D eigenvalue weighted by molar-refractivity contribution is 5.38. The number of hydrogen-bond donors (Lipinski definition) is 0. The highest BCUT2D eigenvalue weighted by atomic mass is 14.4. The Morgan fingerprint density at radius 2 is 1.33 bits per heavy atom. The molecule has 21 heavy (non-hydrogen) atoms. The number of rotatable bonds is 3. The Morgan fingerprint density at radius 1 is 0.810 bits per heavy atom. The molecule has 0 spiro atoms. The van der Waals surface area contributed by atoms with Gasteiger partial charge in [-0.3, -0.25) is 0 Å². The van der Waals surface area contributed by atoms with Crippen molar-refractivity contribution in [2.24, 2.45) is 0 Å². The van der Waals surface area contributed by atoms with E-state index in [-0.39, 0.29) is 5.41 Å². The van der Waals surface area contributed by atoms with Gasteiger partial charge in [-0.2, -0.15) is 5.26 Å². The lowest BCUT2D eigenvalue weighted by Gasteiger charge is -2.24. The minimum Gasteiger partial charge on any atom is -0.197 e. The zero-order chi connectivity index (χ0) is 15.5. The van der Waals surface area contributed by atoms with Gasteiger partial charge in [0, 0.05) is 0 Å². The standard InChI is InChI=1S/C20H23N/c1-19(2,3)17-10-12-18(13-11-17)20(4,15-21)14-16-8-6-5-7-9-16/h5-13H,14H2,1-4H3. The molecule has 0 heterocycles. The van der Waals surface area contributed by atoms with Crippen molar-refractivity contribution >= 4 is 0 Å². The van der Waals surface area contributed by atoms with Crippen LogP contribution in [0.1, 0.15) is 44.4 Å². The molecule has 0 fully saturated rings. The lowest BCUT2D eigenvalue weighted by atomic mass is 9.77. The summed E-state index contributed by atoms with van der Waals surface area (Å²) in [4.78, 5) is 0. The number of benzene rings is 2. The van der Waals surface area contributed by atoms with Crippen LogP contribution in [0.3, 0.4) is 0 Å². The van der Waals surface area contributed by atoms with Gasteiger partial charge in [0.05, 0.1) is 11.5 Å². The third kappa shape index (κ3) is 3.52. The minimum absolute atomic E-state index is 0.140. The molecule has 0 amide bonds. The summed E-state index contributed by atoms with van der Waals surface area (Å²) in [5, 5.41) is 9.68. The Bertz CT molecular complexity index is 626. The van der Waals surface area contributed by atoms with E-state index in [0.29, 0.717) is 0 Å². The Balaban J connectivity index is 2.31. The Morgan fingerprint density at radius 3 is 1.81 bits per heavy atom. The molecule has 0 saturated carbocycles. The van der Waals surface area contributed by atoms with Gasteiger partial charge >= 0.3 is 0 Å². The van der Waals surface area contributed by atoms with Crippen molar-refractivity contribution in [1.29, 1.82) is 5.26 Å². The van der Waals surface area contributed by atoms with Gasteiger partial charge in [0.1, 0.15) is 0 Å². The van der Waals surface area contributed by atoms with Crippen molar-refractivity contribution in [2.75, 3.05) is 0 Å². The van der Waals surface area contributed by atoms with Crippen LogP contribution >= 0.6 is 0 Å². The highest BCUT2D eigenvalue weighted by Gasteiger charge is 2.27. The molecule has 0 bridgehead atoms. The first-order chi connectivity index (χ1) is 9.85. The average Bonchev–Trinajstić information content (AvgIpc) is 2.47. The molecule has 108 valence electrons. The first-order valence-electron chi connectivity index (χ1n) is 7.41. The fourth-order valence-electron chi connectivity index (χ4n) is 2.55. The van der Waals surface area contributed by atoms with Gasteiger partial charge < -0.3 is 0 Å². The van der Waals surface area contributed by atoms with E-state index in [9.17, 15) is 5.26 Å². The molecule has 2 aromatic rings. The largest absolute Gasteiger partial charge is 0.197 e. The molecule has 2 rings (SSSR count). The van der Waals surface area contributed by atoms with Crippen LogP contribution in [0.5, 0.6) is 0 Å². The van der Waals surface area contributed by atoms with Crippen LogP contribution in [-0.2, 0) is 17.3 Å². The van der Waals surface area contributed by atoms with E-state index < -0.39 is 5.41 Å². The fourth-order valence-corrected chi connectivity index (χ4v) is 2.55. The molecule has 1 nitrogen and oxygen atoms in total. The second-order valence-corrected chi connectivity index (χ2v) is 6.93. The first kappa shape index (κ1) is 15.3. The molecule has 0 aliphatic heterocycles. The lowest BCUT2D eigenvalue weighted by molar-refractivity contribution is 0.583. The van der Waals surface area contributed by atoms with Crippen LogP contribution in [0.4, 0.5) is 0 Å². The molecular weight excluding hydrogens is 254 g/mol. The van der Waals surface area contributed by atoms with Crippen molar-refractivity contribution in [3.8, 4) is 6.07 Å². The predicted molar refractivity (Wildman–Crippen MR) is 88.3 cm³/mol. The molecule has 0 aliphatic rings. The Labute approximate surface area is 128 Å². The van der Waals surface area contributed by atoms with E-state index in [0.717, 1.165) is 12.0 Å². The number of hydrogen-bond acceptors (Lipinski definition) is 1. The second-order valence-electron chi connectivity index (χ2n) is 6.93. The van der Waals surface area contributed by atoms with E-state index in [1.54, 1.807) is 0 Å². The topological polar surface area (TPSA) is 23.8 Å². The second kappa shape index (κ2) is 5.74. The van der Waals surface area contributed by atoms with E-state index >= 15 is 0 Å². The van der Waals surface area contributed by atoms with E-state index in [1.165, 1.54) is 11.1 Å². The summed E-state index contributed by atoms with van der Waals surface area (Å²) in [5.41, 5.74) is 3.23. The minimum atomic E-state index is -0.488. The summed E-state index contributed by atoms with van der Waals surface area (Å²) >= 11 is 0. The monoisotopic (exact) mass is 277 g/mol. The van der Waals surface area contributed by atoms with Crippen molar-refractivity contribution in [2.45, 2.75) is 44.9 Å². The first-order valence-corrected chi connectivity index (χ1v) is 7.41. The molecule has 1 atom stereocenters. The summed E-state index contributed by atoms with van der Waals surface area (Å²) in [6.07, 6.45) is 0.735. The number of nitriles is 1. The van der Waals surface area contributed by atoms with Gasteiger partial charge in [-0.05, 0) is 35.4 Å². The summed E-state index contributed by atoms with van der Waals surface area (Å²) in [5.74, 6) is 0. The molecule has 0 aliphatic carbocycles.